The molecule has 1 aromatic rings. The first-order valence-electron chi connectivity index (χ1n) is 6.41. The first-order valence-corrected chi connectivity index (χ1v) is 6.41. The summed E-state index contributed by atoms with van der Waals surface area (Å²) in [5.74, 6) is -0.230. The first-order chi connectivity index (χ1) is 8.39. The Morgan fingerprint density at radius 3 is 2.50 bits per heavy atom. The second-order valence-corrected chi connectivity index (χ2v) is 5.48. The van der Waals surface area contributed by atoms with Crippen LogP contribution < -0.4 is 10.6 Å². The zero-order valence-corrected chi connectivity index (χ0v) is 11.0. The zero-order chi connectivity index (χ0) is 13.3. The Kier molecular flexibility index (Phi) is 3.59. The smallest absolute Gasteiger partial charge is 0.146 e. The van der Waals surface area contributed by atoms with Crippen molar-refractivity contribution in [3.8, 4) is 0 Å². The number of aliphatic hydroxyl groups is 1. The molecule has 1 aliphatic heterocycles. The number of halogens is 1. The fourth-order valence-corrected chi connectivity index (χ4v) is 2.29. The van der Waals surface area contributed by atoms with Crippen LogP contribution in [0.4, 0.5) is 10.1 Å². The Hall–Kier alpha value is -1.13. The summed E-state index contributed by atoms with van der Waals surface area (Å²) >= 11 is 0. The van der Waals surface area contributed by atoms with E-state index in [1.807, 2.05) is 24.8 Å². The highest BCUT2D eigenvalue weighted by Gasteiger charge is 2.28. The van der Waals surface area contributed by atoms with Gasteiger partial charge in [0, 0.05) is 19.1 Å². The highest BCUT2D eigenvalue weighted by molar-refractivity contribution is 5.50. The summed E-state index contributed by atoms with van der Waals surface area (Å²) in [5.41, 5.74) is 6.53. The van der Waals surface area contributed by atoms with E-state index in [-0.39, 0.29) is 11.9 Å². The van der Waals surface area contributed by atoms with E-state index in [9.17, 15) is 9.50 Å². The average Bonchev–Trinajstić information content (AvgIpc) is 2.29. The van der Waals surface area contributed by atoms with Gasteiger partial charge < -0.3 is 15.7 Å². The molecule has 1 fully saturated rings. The lowest BCUT2D eigenvalue weighted by atomic mass is 9.93. The number of nitrogens with two attached hydrogens (primary N) is 1. The fourth-order valence-electron chi connectivity index (χ4n) is 2.29. The van der Waals surface area contributed by atoms with Gasteiger partial charge in [0.1, 0.15) is 5.82 Å². The van der Waals surface area contributed by atoms with E-state index in [0.717, 1.165) is 5.56 Å². The number of benzene rings is 1. The molecular formula is C14H21FN2O. The van der Waals surface area contributed by atoms with Crippen LogP contribution in [0, 0.1) is 5.82 Å². The molecule has 18 heavy (non-hydrogen) atoms. The fraction of sp³-hybridized carbons (Fsp3) is 0.571. The van der Waals surface area contributed by atoms with Gasteiger partial charge in [-0.2, -0.15) is 0 Å². The van der Waals surface area contributed by atoms with Gasteiger partial charge in [-0.15, -0.1) is 0 Å². The van der Waals surface area contributed by atoms with Crippen LogP contribution in [-0.2, 0) is 0 Å². The molecule has 100 valence electrons. The van der Waals surface area contributed by atoms with Crippen LogP contribution in [0.15, 0.2) is 18.2 Å². The molecule has 1 unspecified atom stereocenters. The van der Waals surface area contributed by atoms with E-state index in [1.54, 1.807) is 6.07 Å². The van der Waals surface area contributed by atoms with Crippen molar-refractivity contribution >= 4 is 5.69 Å². The lowest BCUT2D eigenvalue weighted by Crippen LogP contribution is -2.42. The summed E-state index contributed by atoms with van der Waals surface area (Å²) in [6, 6.07) is 5.01. The van der Waals surface area contributed by atoms with E-state index < -0.39 is 5.60 Å². The third kappa shape index (κ3) is 2.82. The molecule has 0 bridgehead atoms. The van der Waals surface area contributed by atoms with E-state index in [0.29, 0.717) is 31.6 Å². The molecule has 1 atom stereocenters. The molecule has 0 saturated carbocycles. The molecule has 0 aromatic heterocycles. The van der Waals surface area contributed by atoms with Crippen LogP contribution in [0.1, 0.15) is 38.3 Å². The van der Waals surface area contributed by atoms with E-state index >= 15 is 0 Å². The minimum atomic E-state index is -0.612. The molecule has 0 amide bonds. The van der Waals surface area contributed by atoms with Gasteiger partial charge in [-0.3, -0.25) is 0 Å². The quantitative estimate of drug-likeness (QED) is 0.848. The summed E-state index contributed by atoms with van der Waals surface area (Å²) in [6.45, 7) is 5.04. The minimum Gasteiger partial charge on any atom is -0.390 e. The number of nitrogens with zero attached hydrogens (tertiary/aromatic N) is 1. The maximum atomic E-state index is 14.0. The van der Waals surface area contributed by atoms with E-state index in [1.165, 1.54) is 6.07 Å². The van der Waals surface area contributed by atoms with Crippen molar-refractivity contribution in [2.45, 2.75) is 38.3 Å². The van der Waals surface area contributed by atoms with Crippen LogP contribution in [0.5, 0.6) is 0 Å². The summed E-state index contributed by atoms with van der Waals surface area (Å²) < 4.78 is 14.0. The Labute approximate surface area is 107 Å². The van der Waals surface area contributed by atoms with Gasteiger partial charge in [-0.25, -0.2) is 4.39 Å². The lowest BCUT2D eigenvalue weighted by molar-refractivity contribution is 0.0350. The highest BCUT2D eigenvalue weighted by Crippen LogP contribution is 2.28. The van der Waals surface area contributed by atoms with Gasteiger partial charge in [0.2, 0.25) is 0 Å². The van der Waals surface area contributed by atoms with Gasteiger partial charge in [0.15, 0.2) is 0 Å². The molecule has 1 heterocycles. The molecule has 1 aliphatic rings. The van der Waals surface area contributed by atoms with Gasteiger partial charge in [-0.05, 0) is 44.4 Å². The molecular weight excluding hydrogens is 231 g/mol. The SMILES string of the molecule is CC(N)c1ccc(N2CCC(C)(O)CC2)c(F)c1. The molecule has 2 rings (SSSR count). The van der Waals surface area contributed by atoms with Crippen LogP contribution in [0.2, 0.25) is 0 Å². The Balaban J connectivity index is 2.15. The van der Waals surface area contributed by atoms with Crippen LogP contribution in [0.3, 0.4) is 0 Å². The minimum absolute atomic E-state index is 0.157. The van der Waals surface area contributed by atoms with Gasteiger partial charge in [0.05, 0.1) is 11.3 Å². The topological polar surface area (TPSA) is 49.5 Å². The third-order valence-electron chi connectivity index (χ3n) is 3.68. The Morgan fingerprint density at radius 1 is 1.39 bits per heavy atom. The number of hydrogen-bond donors (Lipinski definition) is 2. The van der Waals surface area contributed by atoms with Gasteiger partial charge in [0.25, 0.3) is 0 Å². The Bertz CT molecular complexity index is 422. The third-order valence-corrected chi connectivity index (χ3v) is 3.68. The zero-order valence-electron chi connectivity index (χ0n) is 11.0. The van der Waals surface area contributed by atoms with E-state index in [4.69, 9.17) is 5.73 Å². The summed E-state index contributed by atoms with van der Waals surface area (Å²) in [6.07, 6.45) is 1.34. The van der Waals surface area contributed by atoms with Crippen LogP contribution >= 0.6 is 0 Å². The monoisotopic (exact) mass is 252 g/mol. The predicted octanol–water partition coefficient (Wildman–Crippen LogP) is 2.20. The molecule has 3 nitrogen and oxygen atoms in total. The van der Waals surface area contributed by atoms with Gasteiger partial charge >= 0.3 is 0 Å². The maximum Gasteiger partial charge on any atom is 0.146 e. The molecule has 0 aliphatic carbocycles. The van der Waals surface area contributed by atoms with Crippen molar-refractivity contribution in [1.82, 2.24) is 0 Å². The van der Waals surface area contributed by atoms with Crippen molar-refractivity contribution in [1.29, 1.82) is 0 Å². The molecule has 3 N–H and O–H groups in total. The average molecular weight is 252 g/mol. The second-order valence-electron chi connectivity index (χ2n) is 5.48. The number of hydrogen-bond acceptors (Lipinski definition) is 3. The molecule has 0 radical (unpaired) electrons. The molecule has 4 heteroatoms. The molecule has 0 spiro atoms. The van der Waals surface area contributed by atoms with Crippen molar-refractivity contribution in [2.75, 3.05) is 18.0 Å². The number of anilines is 1. The lowest BCUT2D eigenvalue weighted by Gasteiger charge is -2.37. The number of rotatable bonds is 2. The Morgan fingerprint density at radius 2 is 2.00 bits per heavy atom. The summed E-state index contributed by atoms with van der Waals surface area (Å²) in [5, 5.41) is 9.89. The molecule has 1 aromatic carbocycles. The first kappa shape index (κ1) is 13.3. The highest BCUT2D eigenvalue weighted by atomic mass is 19.1. The van der Waals surface area contributed by atoms with Crippen molar-refractivity contribution < 1.29 is 9.50 Å². The second kappa shape index (κ2) is 4.86. The van der Waals surface area contributed by atoms with Crippen molar-refractivity contribution in [3.63, 3.8) is 0 Å². The van der Waals surface area contributed by atoms with Crippen molar-refractivity contribution in [2.24, 2.45) is 5.73 Å². The summed E-state index contributed by atoms with van der Waals surface area (Å²) in [7, 11) is 0. The maximum absolute atomic E-state index is 14.0. The van der Waals surface area contributed by atoms with E-state index in [2.05, 4.69) is 0 Å². The van der Waals surface area contributed by atoms with Crippen molar-refractivity contribution in [3.05, 3.63) is 29.6 Å². The van der Waals surface area contributed by atoms with Crippen LogP contribution in [-0.4, -0.2) is 23.8 Å². The normalized spacial score (nSPS) is 20.8. The van der Waals surface area contributed by atoms with Gasteiger partial charge in [-0.1, -0.05) is 6.07 Å². The standard InChI is InChI=1S/C14H21FN2O/c1-10(16)11-3-4-13(12(15)9-11)17-7-5-14(2,18)6-8-17/h3-4,9-10,18H,5-8,16H2,1-2H3. The van der Waals surface area contributed by atoms with Crippen LogP contribution in [0.25, 0.3) is 0 Å². The predicted molar refractivity (Wildman–Crippen MR) is 71.1 cm³/mol. The number of piperidine rings is 1. The largest absolute Gasteiger partial charge is 0.390 e. The summed E-state index contributed by atoms with van der Waals surface area (Å²) in [4.78, 5) is 1.98. The molecule has 1 saturated heterocycles.